The van der Waals surface area contributed by atoms with Crippen molar-refractivity contribution in [1.29, 1.82) is 0 Å². The molecule has 5 N–H and O–H groups in total. The second-order valence-corrected chi connectivity index (χ2v) is 4.49. The van der Waals surface area contributed by atoms with Crippen LogP contribution in [0.5, 0.6) is 0 Å². The van der Waals surface area contributed by atoms with E-state index in [1.807, 2.05) is 0 Å². The molecule has 0 fully saturated rings. The fourth-order valence-electron chi connectivity index (χ4n) is 1.02. The minimum Gasteiger partial charge on any atom is -0.480 e. The fraction of sp³-hybridized carbons (Fsp3) is 0.700. The average molecular weight is 277 g/mol. The summed E-state index contributed by atoms with van der Waals surface area (Å²) in [4.78, 5) is 33.4. The number of aliphatic carboxylic acids is 1. The van der Waals surface area contributed by atoms with Gasteiger partial charge < -0.3 is 21.5 Å². The molecule has 0 aliphatic heterocycles. The van der Waals surface area contributed by atoms with Crippen LogP contribution in [0.3, 0.4) is 0 Å². The molecule has 0 aliphatic carbocycles. The summed E-state index contributed by atoms with van der Waals surface area (Å²) in [5.74, 6) is -2.29. The van der Waals surface area contributed by atoms with Crippen LogP contribution in [0.1, 0.15) is 13.8 Å². The van der Waals surface area contributed by atoms with Crippen molar-refractivity contribution in [3.8, 4) is 0 Å². The van der Waals surface area contributed by atoms with Gasteiger partial charge in [0.05, 0.1) is 12.6 Å². The maximum atomic E-state index is 11.4. The number of nitrogens with two attached hydrogens (primary N) is 1. The van der Waals surface area contributed by atoms with Crippen molar-refractivity contribution in [2.45, 2.75) is 25.9 Å². The number of carbonyl (C=O) groups excluding carboxylic acids is 2. The van der Waals surface area contributed by atoms with Gasteiger partial charge in [0.1, 0.15) is 6.04 Å². The lowest BCUT2D eigenvalue weighted by atomic mass is 10.1. The first-order valence-corrected chi connectivity index (χ1v) is 6.09. The molecular formula is C10H19N3O4S. The van der Waals surface area contributed by atoms with Gasteiger partial charge in [0, 0.05) is 5.75 Å². The molecule has 0 aromatic heterocycles. The summed E-state index contributed by atoms with van der Waals surface area (Å²) in [6.45, 7) is 3.26. The highest BCUT2D eigenvalue weighted by molar-refractivity contribution is 7.80. The highest BCUT2D eigenvalue weighted by Gasteiger charge is 2.20. The Kier molecular flexibility index (Phi) is 7.37. The van der Waals surface area contributed by atoms with E-state index in [-0.39, 0.29) is 18.2 Å². The zero-order chi connectivity index (χ0) is 14.3. The van der Waals surface area contributed by atoms with Gasteiger partial charge in [0.15, 0.2) is 0 Å². The summed E-state index contributed by atoms with van der Waals surface area (Å²) < 4.78 is 0. The van der Waals surface area contributed by atoms with E-state index in [0.29, 0.717) is 0 Å². The number of carboxylic acids is 1. The first-order chi connectivity index (χ1) is 8.29. The summed E-state index contributed by atoms with van der Waals surface area (Å²) in [7, 11) is 0. The number of amides is 2. The van der Waals surface area contributed by atoms with Crippen LogP contribution in [-0.2, 0) is 14.4 Å². The number of nitrogens with one attached hydrogen (secondary N) is 2. The molecule has 2 amide bonds. The Morgan fingerprint density at radius 1 is 1.33 bits per heavy atom. The van der Waals surface area contributed by atoms with Crippen molar-refractivity contribution in [3.05, 3.63) is 0 Å². The highest BCUT2D eigenvalue weighted by atomic mass is 32.1. The predicted molar refractivity (Wildman–Crippen MR) is 69.2 cm³/mol. The Morgan fingerprint density at radius 3 is 2.28 bits per heavy atom. The van der Waals surface area contributed by atoms with Gasteiger partial charge in [-0.2, -0.15) is 12.6 Å². The monoisotopic (exact) mass is 277 g/mol. The Bertz CT molecular complexity index is 322. The maximum absolute atomic E-state index is 11.4. The van der Waals surface area contributed by atoms with Gasteiger partial charge in [-0.15, -0.1) is 0 Å². The molecule has 0 aliphatic rings. The molecule has 0 saturated carbocycles. The van der Waals surface area contributed by atoms with Crippen LogP contribution in [0.2, 0.25) is 0 Å². The van der Waals surface area contributed by atoms with E-state index in [9.17, 15) is 14.4 Å². The molecule has 8 heteroatoms. The molecule has 2 atom stereocenters. The van der Waals surface area contributed by atoms with Crippen molar-refractivity contribution < 1.29 is 19.5 Å². The largest absolute Gasteiger partial charge is 0.480 e. The second-order valence-electron chi connectivity index (χ2n) is 4.13. The van der Waals surface area contributed by atoms with Crippen molar-refractivity contribution >= 4 is 30.4 Å². The van der Waals surface area contributed by atoms with Crippen LogP contribution in [0, 0.1) is 5.92 Å². The molecule has 0 aromatic carbocycles. The van der Waals surface area contributed by atoms with Crippen molar-refractivity contribution in [3.63, 3.8) is 0 Å². The van der Waals surface area contributed by atoms with E-state index in [1.54, 1.807) is 13.8 Å². The molecule has 0 aromatic rings. The fourth-order valence-corrected chi connectivity index (χ4v) is 1.27. The summed E-state index contributed by atoms with van der Waals surface area (Å²) >= 11 is 3.79. The molecule has 0 rings (SSSR count). The van der Waals surface area contributed by atoms with E-state index in [4.69, 9.17) is 10.8 Å². The first kappa shape index (κ1) is 16.7. The van der Waals surface area contributed by atoms with Gasteiger partial charge in [-0.1, -0.05) is 13.8 Å². The molecule has 104 valence electrons. The number of rotatable bonds is 7. The van der Waals surface area contributed by atoms with Crippen LogP contribution in [0.25, 0.3) is 0 Å². The minimum absolute atomic E-state index is 0.0273. The molecule has 0 saturated heterocycles. The van der Waals surface area contributed by atoms with E-state index >= 15 is 0 Å². The van der Waals surface area contributed by atoms with E-state index in [2.05, 4.69) is 23.3 Å². The maximum Gasteiger partial charge on any atom is 0.327 e. The average Bonchev–Trinajstić information content (AvgIpc) is 2.31. The SMILES string of the molecule is CC(C)[C@H](N)C(=O)NCC(=O)N[C@@H](CS)C(=O)O. The van der Waals surface area contributed by atoms with Crippen LogP contribution in [0.15, 0.2) is 0 Å². The summed E-state index contributed by atoms with van der Waals surface area (Å²) in [6, 6.07) is -1.77. The Labute approximate surface area is 111 Å². The first-order valence-electron chi connectivity index (χ1n) is 5.45. The molecule has 0 spiro atoms. The normalized spacial score (nSPS) is 13.8. The Morgan fingerprint density at radius 2 is 1.89 bits per heavy atom. The number of hydrogen-bond donors (Lipinski definition) is 5. The molecule has 0 radical (unpaired) electrons. The van der Waals surface area contributed by atoms with Crippen LogP contribution in [0.4, 0.5) is 0 Å². The van der Waals surface area contributed by atoms with Gasteiger partial charge >= 0.3 is 5.97 Å². The van der Waals surface area contributed by atoms with E-state index < -0.39 is 29.9 Å². The molecule has 0 bridgehead atoms. The standard InChI is InChI=1S/C10H19N3O4S/c1-5(2)8(11)9(15)12-3-7(14)13-6(4-18)10(16)17/h5-6,8,18H,3-4,11H2,1-2H3,(H,12,15)(H,13,14)(H,16,17)/t6-,8-/m0/s1. The summed E-state index contributed by atoms with van der Waals surface area (Å²) in [5, 5.41) is 13.2. The lowest BCUT2D eigenvalue weighted by molar-refractivity contribution is -0.141. The minimum atomic E-state index is -1.18. The smallest absolute Gasteiger partial charge is 0.327 e. The molecular weight excluding hydrogens is 258 g/mol. The lowest BCUT2D eigenvalue weighted by Crippen LogP contribution is -2.50. The van der Waals surface area contributed by atoms with Gasteiger partial charge in [-0.05, 0) is 5.92 Å². The predicted octanol–water partition coefficient (Wildman–Crippen LogP) is -1.41. The summed E-state index contributed by atoms with van der Waals surface area (Å²) in [5.41, 5.74) is 5.57. The van der Waals surface area contributed by atoms with Crippen LogP contribution in [-0.4, -0.2) is 47.3 Å². The third kappa shape index (κ3) is 5.87. The van der Waals surface area contributed by atoms with Crippen LogP contribution >= 0.6 is 12.6 Å². The third-order valence-electron chi connectivity index (χ3n) is 2.26. The number of thiol groups is 1. The second kappa shape index (κ2) is 7.93. The highest BCUT2D eigenvalue weighted by Crippen LogP contribution is 1.97. The lowest BCUT2D eigenvalue weighted by Gasteiger charge is -2.16. The van der Waals surface area contributed by atoms with E-state index in [0.717, 1.165) is 0 Å². The molecule has 0 unspecified atom stereocenters. The van der Waals surface area contributed by atoms with Gasteiger partial charge in [0.25, 0.3) is 0 Å². The van der Waals surface area contributed by atoms with Gasteiger partial charge in [-0.25, -0.2) is 4.79 Å². The van der Waals surface area contributed by atoms with Crippen LogP contribution < -0.4 is 16.4 Å². The topological polar surface area (TPSA) is 122 Å². The van der Waals surface area contributed by atoms with Gasteiger partial charge in [0.2, 0.25) is 11.8 Å². The molecule has 0 heterocycles. The number of hydrogen-bond acceptors (Lipinski definition) is 5. The number of carboxylic acid groups (broad SMARTS) is 1. The molecule has 7 nitrogen and oxygen atoms in total. The van der Waals surface area contributed by atoms with E-state index in [1.165, 1.54) is 0 Å². The van der Waals surface area contributed by atoms with Crippen molar-refractivity contribution in [2.75, 3.05) is 12.3 Å². The van der Waals surface area contributed by atoms with Crippen molar-refractivity contribution in [2.24, 2.45) is 11.7 Å². The third-order valence-corrected chi connectivity index (χ3v) is 2.63. The van der Waals surface area contributed by atoms with Crippen molar-refractivity contribution in [1.82, 2.24) is 10.6 Å². The zero-order valence-corrected chi connectivity index (χ0v) is 11.2. The van der Waals surface area contributed by atoms with Gasteiger partial charge in [-0.3, -0.25) is 9.59 Å². The molecule has 18 heavy (non-hydrogen) atoms. The quantitative estimate of drug-likeness (QED) is 0.366. The number of carbonyl (C=O) groups is 3. The Hall–Kier alpha value is -1.28. The zero-order valence-electron chi connectivity index (χ0n) is 10.3. The summed E-state index contributed by atoms with van der Waals surface area (Å²) in [6.07, 6.45) is 0. The Balaban J connectivity index is 4.11.